The van der Waals surface area contributed by atoms with Gasteiger partial charge in [0.15, 0.2) is 0 Å². The van der Waals surface area contributed by atoms with E-state index < -0.39 is 0 Å². The minimum Gasteiger partial charge on any atom is -0.235 e. The van der Waals surface area contributed by atoms with Gasteiger partial charge < -0.3 is 0 Å². The molecule has 0 unspecified atom stereocenters. The van der Waals surface area contributed by atoms with Crippen molar-refractivity contribution in [2.75, 3.05) is 0 Å². The first-order valence-corrected chi connectivity index (χ1v) is 3.84. The molecule has 0 aliphatic heterocycles. The summed E-state index contributed by atoms with van der Waals surface area (Å²) in [5.74, 6) is -0.271. The van der Waals surface area contributed by atoms with Gasteiger partial charge in [0.05, 0.1) is 0 Å². The van der Waals surface area contributed by atoms with Gasteiger partial charge in [-0.05, 0) is 6.92 Å². The number of hydrogen-bond donors (Lipinski definition) is 0. The van der Waals surface area contributed by atoms with Crippen LogP contribution in [0.5, 0.6) is 0 Å². The summed E-state index contributed by atoms with van der Waals surface area (Å²) < 4.78 is 13.1. The van der Waals surface area contributed by atoms with Crippen LogP contribution in [0.1, 0.15) is 5.56 Å². The Hall–Kier alpha value is -0.682. The molecular formula is C11H8FW-. The molecule has 66 valence electrons. The molecule has 0 nitrogen and oxygen atoms in total. The van der Waals surface area contributed by atoms with Gasteiger partial charge in [-0.1, -0.05) is 23.1 Å². The molecule has 13 heavy (non-hydrogen) atoms. The Morgan fingerprint density at radius 1 is 1.23 bits per heavy atom. The van der Waals surface area contributed by atoms with Crippen molar-refractivity contribution in [1.82, 2.24) is 0 Å². The monoisotopic (exact) mass is 343 g/mol. The third-order valence-electron chi connectivity index (χ3n) is 1.92. The van der Waals surface area contributed by atoms with Crippen molar-refractivity contribution in [3.8, 4) is 0 Å². The molecule has 0 fully saturated rings. The van der Waals surface area contributed by atoms with Gasteiger partial charge in [-0.2, -0.15) is 12.1 Å². The average molecular weight is 343 g/mol. The van der Waals surface area contributed by atoms with Crippen molar-refractivity contribution in [1.29, 1.82) is 0 Å². The number of aryl methyl sites for hydroxylation is 1. The fourth-order valence-corrected chi connectivity index (χ4v) is 1.30. The van der Waals surface area contributed by atoms with Gasteiger partial charge in [-0.3, -0.25) is 0 Å². The normalized spacial score (nSPS) is 9.69. The second kappa shape index (κ2) is 4.02. The van der Waals surface area contributed by atoms with Crippen molar-refractivity contribution < 1.29 is 25.5 Å². The van der Waals surface area contributed by atoms with Gasteiger partial charge in [-0.15, -0.1) is 17.5 Å². The Kier molecular flexibility index (Phi) is 3.21. The van der Waals surface area contributed by atoms with E-state index in [0.717, 1.165) is 10.9 Å². The topological polar surface area (TPSA) is 0 Å². The molecule has 2 aromatic rings. The Balaban J connectivity index is 0.000000845. The average Bonchev–Trinajstić information content (AvgIpc) is 2.04. The van der Waals surface area contributed by atoms with Crippen molar-refractivity contribution >= 4 is 10.8 Å². The molecule has 0 aromatic heterocycles. The summed E-state index contributed by atoms with van der Waals surface area (Å²) in [6.45, 7) is 1.99. The van der Waals surface area contributed by atoms with Gasteiger partial charge in [0.2, 0.25) is 0 Å². The van der Waals surface area contributed by atoms with Gasteiger partial charge in [-0.25, -0.2) is 4.39 Å². The molecule has 2 heteroatoms. The Morgan fingerprint density at radius 3 is 2.77 bits per heavy atom. The fourth-order valence-electron chi connectivity index (χ4n) is 1.30. The zero-order chi connectivity index (χ0) is 8.55. The molecule has 0 saturated heterocycles. The number of hydrogen-bond acceptors (Lipinski definition) is 0. The maximum absolute atomic E-state index is 13.1. The van der Waals surface area contributed by atoms with Crippen LogP contribution in [0.2, 0.25) is 0 Å². The van der Waals surface area contributed by atoms with Crippen LogP contribution in [0.3, 0.4) is 0 Å². The molecule has 2 aromatic carbocycles. The van der Waals surface area contributed by atoms with E-state index in [1.165, 1.54) is 0 Å². The summed E-state index contributed by atoms with van der Waals surface area (Å²) in [4.78, 5) is 0. The molecule has 0 atom stereocenters. The van der Waals surface area contributed by atoms with Crippen LogP contribution < -0.4 is 0 Å². The van der Waals surface area contributed by atoms with Gasteiger partial charge in [0, 0.05) is 26.9 Å². The first kappa shape index (κ1) is 10.4. The summed E-state index contributed by atoms with van der Waals surface area (Å²) in [5, 5.41) is 1.58. The summed E-state index contributed by atoms with van der Waals surface area (Å²) in [6.07, 6.45) is 0. The molecule has 0 saturated carbocycles. The fraction of sp³-hybridized carbons (Fsp3) is 0.0909. The van der Waals surface area contributed by atoms with Crippen molar-refractivity contribution in [2.45, 2.75) is 6.92 Å². The number of benzene rings is 2. The summed E-state index contributed by atoms with van der Waals surface area (Å²) >= 11 is 0. The van der Waals surface area contributed by atoms with E-state index in [1.54, 1.807) is 12.1 Å². The van der Waals surface area contributed by atoms with E-state index in [-0.39, 0.29) is 26.9 Å². The minimum absolute atomic E-state index is 0. The molecule has 0 N–H and O–H groups in total. The van der Waals surface area contributed by atoms with Crippen LogP contribution >= 0.6 is 0 Å². The van der Waals surface area contributed by atoms with E-state index in [1.807, 2.05) is 25.1 Å². The van der Waals surface area contributed by atoms with E-state index in [4.69, 9.17) is 0 Å². The van der Waals surface area contributed by atoms with Crippen LogP contribution in [0.4, 0.5) is 4.39 Å². The molecule has 0 aliphatic carbocycles. The zero-order valence-electron chi connectivity index (χ0n) is 7.17. The summed E-state index contributed by atoms with van der Waals surface area (Å²) in [5.41, 5.74) is 1.15. The van der Waals surface area contributed by atoms with Gasteiger partial charge in [0.1, 0.15) is 0 Å². The number of rotatable bonds is 0. The second-order valence-electron chi connectivity index (χ2n) is 2.88. The predicted molar refractivity (Wildman–Crippen MR) is 47.5 cm³/mol. The van der Waals surface area contributed by atoms with Gasteiger partial charge in [0.25, 0.3) is 0 Å². The first-order chi connectivity index (χ1) is 5.77. The Bertz CT molecular complexity index is 423. The molecule has 0 heterocycles. The van der Waals surface area contributed by atoms with E-state index in [0.29, 0.717) is 5.39 Å². The van der Waals surface area contributed by atoms with Crippen molar-refractivity contribution in [3.05, 3.63) is 47.8 Å². The molecule has 0 spiro atoms. The largest absolute Gasteiger partial charge is 0.235 e. The molecular weight excluding hydrogens is 335 g/mol. The van der Waals surface area contributed by atoms with Crippen LogP contribution in [0.15, 0.2) is 30.3 Å². The maximum atomic E-state index is 13.1. The third kappa shape index (κ3) is 1.97. The Labute approximate surface area is 91.0 Å². The quantitative estimate of drug-likeness (QED) is 0.645. The molecule has 2 rings (SSSR count). The minimum atomic E-state index is -0.271. The van der Waals surface area contributed by atoms with E-state index in [9.17, 15) is 4.39 Å². The number of fused-ring (bicyclic) bond motifs is 1. The first-order valence-electron chi connectivity index (χ1n) is 3.84. The summed E-state index contributed by atoms with van der Waals surface area (Å²) in [6, 6.07) is 11.7. The molecule has 0 bridgehead atoms. The number of halogens is 1. The van der Waals surface area contributed by atoms with Crippen LogP contribution in [-0.4, -0.2) is 0 Å². The van der Waals surface area contributed by atoms with Crippen molar-refractivity contribution in [2.24, 2.45) is 0 Å². The maximum Gasteiger partial charge on any atom is 0.0183 e. The third-order valence-corrected chi connectivity index (χ3v) is 1.92. The Morgan fingerprint density at radius 2 is 2.00 bits per heavy atom. The van der Waals surface area contributed by atoms with Crippen molar-refractivity contribution in [3.63, 3.8) is 0 Å². The smallest absolute Gasteiger partial charge is 0.0183 e. The SMILES string of the molecule is Cc1ccc2c(F)[c-]ccc2c1.[W]. The van der Waals surface area contributed by atoms with E-state index >= 15 is 0 Å². The van der Waals surface area contributed by atoms with Crippen LogP contribution in [0.25, 0.3) is 10.8 Å². The molecule has 0 radical (unpaired) electrons. The second-order valence-corrected chi connectivity index (χ2v) is 2.88. The van der Waals surface area contributed by atoms with Gasteiger partial charge >= 0.3 is 0 Å². The predicted octanol–water partition coefficient (Wildman–Crippen LogP) is 3.09. The molecule has 0 aliphatic rings. The zero-order valence-corrected chi connectivity index (χ0v) is 10.1. The van der Waals surface area contributed by atoms with Crippen LogP contribution in [-0.2, 0) is 21.1 Å². The van der Waals surface area contributed by atoms with E-state index in [2.05, 4.69) is 6.07 Å². The van der Waals surface area contributed by atoms with Crippen LogP contribution in [0, 0.1) is 18.8 Å². The molecule has 0 amide bonds. The summed E-state index contributed by atoms with van der Waals surface area (Å²) in [7, 11) is 0. The standard InChI is InChI=1S/C11H8F.W/c1-8-5-6-10-9(7-8)3-2-4-11(10)12;/h2-3,5-7H,1H3;/q-1;.